The summed E-state index contributed by atoms with van der Waals surface area (Å²) in [4.78, 5) is 0. The van der Waals surface area contributed by atoms with E-state index in [0.717, 1.165) is 12.2 Å². The Bertz CT molecular complexity index is 424. The Morgan fingerprint density at radius 2 is 2.06 bits per heavy atom. The van der Waals surface area contributed by atoms with E-state index >= 15 is 0 Å². The van der Waals surface area contributed by atoms with E-state index in [1.807, 2.05) is 24.3 Å². The lowest BCUT2D eigenvalue weighted by Crippen LogP contribution is -2.08. The van der Waals surface area contributed by atoms with Crippen molar-refractivity contribution in [2.24, 2.45) is 0 Å². The van der Waals surface area contributed by atoms with Crippen LogP contribution in [0.1, 0.15) is 18.9 Å². The highest BCUT2D eigenvalue weighted by Crippen LogP contribution is 2.13. The number of hydrogen-bond donors (Lipinski definition) is 0. The first kappa shape index (κ1) is 13.0. The molecule has 0 aliphatic rings. The van der Waals surface area contributed by atoms with Crippen LogP contribution in [0.2, 0.25) is 0 Å². The van der Waals surface area contributed by atoms with Crippen molar-refractivity contribution in [1.29, 1.82) is 0 Å². The fraction of sp³-hybridized carbons (Fsp3) is 0.500. The number of benzene rings is 1. The molecule has 0 bridgehead atoms. The molecule has 0 aliphatic heterocycles. The van der Waals surface area contributed by atoms with E-state index < -0.39 is 9.84 Å². The second kappa shape index (κ2) is 5.89. The molecule has 16 heavy (non-hydrogen) atoms. The van der Waals surface area contributed by atoms with E-state index in [-0.39, 0.29) is 5.75 Å². The molecule has 1 aromatic rings. The highest BCUT2D eigenvalue weighted by Gasteiger charge is 2.02. The molecule has 0 spiro atoms. The number of sulfone groups is 1. The maximum Gasteiger partial charge on any atom is 0.147 e. The molecule has 0 radical (unpaired) electrons. The summed E-state index contributed by atoms with van der Waals surface area (Å²) in [6.07, 6.45) is 2.75. The minimum atomic E-state index is -2.87. The van der Waals surface area contributed by atoms with Crippen molar-refractivity contribution in [2.45, 2.75) is 19.8 Å². The van der Waals surface area contributed by atoms with E-state index in [1.165, 1.54) is 11.8 Å². The van der Waals surface area contributed by atoms with E-state index in [9.17, 15) is 8.42 Å². The molecule has 4 heteroatoms. The van der Waals surface area contributed by atoms with Gasteiger partial charge in [-0.2, -0.15) is 0 Å². The van der Waals surface area contributed by atoms with Crippen LogP contribution in [0.5, 0.6) is 5.75 Å². The molecule has 0 atom stereocenters. The number of rotatable bonds is 6. The van der Waals surface area contributed by atoms with Gasteiger partial charge in [0.25, 0.3) is 0 Å². The lowest BCUT2D eigenvalue weighted by atomic mass is 10.2. The average Bonchev–Trinajstić information content (AvgIpc) is 2.23. The topological polar surface area (TPSA) is 43.4 Å². The van der Waals surface area contributed by atoms with Crippen LogP contribution >= 0.6 is 0 Å². The first-order valence-corrected chi connectivity index (χ1v) is 7.47. The standard InChI is InChI=1S/C12H18O3S/c1-3-11-6-4-7-12(10-11)15-8-5-9-16(2,13)14/h4,6-7,10H,3,5,8-9H2,1-2H3. The third kappa shape index (κ3) is 5.16. The molecule has 0 N–H and O–H groups in total. The van der Waals surface area contributed by atoms with Gasteiger partial charge in [0.05, 0.1) is 12.4 Å². The minimum Gasteiger partial charge on any atom is -0.494 e. The molecule has 1 rings (SSSR count). The van der Waals surface area contributed by atoms with Crippen LogP contribution in [0.4, 0.5) is 0 Å². The van der Waals surface area contributed by atoms with Crippen LogP contribution in [-0.4, -0.2) is 27.0 Å². The van der Waals surface area contributed by atoms with Gasteiger partial charge in [-0.1, -0.05) is 19.1 Å². The summed E-state index contributed by atoms with van der Waals surface area (Å²) in [6.45, 7) is 2.53. The maximum atomic E-state index is 10.9. The van der Waals surface area contributed by atoms with Gasteiger partial charge in [0.1, 0.15) is 15.6 Å². The molecule has 0 heterocycles. The quantitative estimate of drug-likeness (QED) is 0.717. The zero-order valence-electron chi connectivity index (χ0n) is 9.77. The zero-order valence-corrected chi connectivity index (χ0v) is 10.6. The smallest absolute Gasteiger partial charge is 0.147 e. The average molecular weight is 242 g/mol. The van der Waals surface area contributed by atoms with Crippen molar-refractivity contribution >= 4 is 9.84 Å². The lowest BCUT2D eigenvalue weighted by Gasteiger charge is -2.06. The highest BCUT2D eigenvalue weighted by atomic mass is 32.2. The van der Waals surface area contributed by atoms with E-state index in [4.69, 9.17) is 4.74 Å². The van der Waals surface area contributed by atoms with Crippen molar-refractivity contribution in [3.05, 3.63) is 29.8 Å². The molecule has 0 saturated carbocycles. The lowest BCUT2D eigenvalue weighted by molar-refractivity contribution is 0.317. The van der Waals surface area contributed by atoms with Crippen LogP contribution in [-0.2, 0) is 16.3 Å². The van der Waals surface area contributed by atoms with Crippen molar-refractivity contribution in [3.63, 3.8) is 0 Å². The van der Waals surface area contributed by atoms with E-state index in [0.29, 0.717) is 13.0 Å². The van der Waals surface area contributed by atoms with Crippen LogP contribution in [0, 0.1) is 0 Å². The largest absolute Gasteiger partial charge is 0.494 e. The molecule has 0 unspecified atom stereocenters. The Morgan fingerprint density at radius 3 is 2.69 bits per heavy atom. The van der Waals surface area contributed by atoms with Crippen molar-refractivity contribution in [1.82, 2.24) is 0 Å². The van der Waals surface area contributed by atoms with Crippen LogP contribution in [0.25, 0.3) is 0 Å². The first-order valence-electron chi connectivity index (χ1n) is 5.41. The molecule has 3 nitrogen and oxygen atoms in total. The molecule has 1 aromatic carbocycles. The van der Waals surface area contributed by atoms with Gasteiger partial charge in [0.15, 0.2) is 0 Å². The van der Waals surface area contributed by atoms with E-state index in [1.54, 1.807) is 0 Å². The zero-order chi connectivity index (χ0) is 12.0. The SMILES string of the molecule is CCc1cccc(OCCCS(C)(=O)=O)c1. The van der Waals surface area contributed by atoms with Crippen LogP contribution in [0.15, 0.2) is 24.3 Å². The van der Waals surface area contributed by atoms with Gasteiger partial charge in [0.2, 0.25) is 0 Å². The fourth-order valence-corrected chi connectivity index (χ4v) is 2.01. The van der Waals surface area contributed by atoms with Crippen LogP contribution in [0.3, 0.4) is 0 Å². The Hall–Kier alpha value is -1.03. The van der Waals surface area contributed by atoms with Crippen molar-refractivity contribution < 1.29 is 13.2 Å². The molecule has 0 saturated heterocycles. The first-order chi connectivity index (χ1) is 7.51. The Balaban J connectivity index is 2.37. The van der Waals surface area contributed by atoms with E-state index in [2.05, 4.69) is 6.92 Å². The second-order valence-electron chi connectivity index (χ2n) is 3.83. The minimum absolute atomic E-state index is 0.181. The van der Waals surface area contributed by atoms with Gasteiger partial charge in [-0.15, -0.1) is 0 Å². The van der Waals surface area contributed by atoms with Gasteiger partial charge in [0, 0.05) is 6.26 Å². The number of ether oxygens (including phenoxy) is 1. The van der Waals surface area contributed by atoms with Crippen molar-refractivity contribution in [2.75, 3.05) is 18.6 Å². The van der Waals surface area contributed by atoms with Gasteiger partial charge in [-0.3, -0.25) is 0 Å². The summed E-state index contributed by atoms with van der Waals surface area (Å²) >= 11 is 0. The monoisotopic (exact) mass is 242 g/mol. The molecule has 0 aliphatic carbocycles. The third-order valence-corrected chi connectivity index (χ3v) is 3.27. The van der Waals surface area contributed by atoms with Gasteiger partial charge >= 0.3 is 0 Å². The summed E-state index contributed by atoms with van der Waals surface area (Å²) in [6, 6.07) is 7.87. The van der Waals surface area contributed by atoms with Crippen LogP contribution < -0.4 is 4.74 Å². The maximum absolute atomic E-state index is 10.9. The fourth-order valence-electron chi connectivity index (χ4n) is 1.37. The molecule has 0 fully saturated rings. The predicted molar refractivity (Wildman–Crippen MR) is 65.6 cm³/mol. The van der Waals surface area contributed by atoms with Crippen molar-refractivity contribution in [3.8, 4) is 5.75 Å². The Labute approximate surface area is 97.4 Å². The predicted octanol–water partition coefficient (Wildman–Crippen LogP) is 2.06. The van der Waals surface area contributed by atoms with Gasteiger partial charge in [-0.05, 0) is 30.5 Å². The molecular formula is C12H18O3S. The number of hydrogen-bond acceptors (Lipinski definition) is 3. The van der Waals surface area contributed by atoms with Gasteiger partial charge < -0.3 is 4.74 Å². The Morgan fingerprint density at radius 1 is 1.31 bits per heavy atom. The normalized spacial score (nSPS) is 11.4. The summed E-state index contributed by atoms with van der Waals surface area (Å²) in [7, 11) is -2.87. The Kier molecular flexibility index (Phi) is 4.80. The molecule has 0 amide bonds. The third-order valence-electron chi connectivity index (χ3n) is 2.23. The molecular weight excluding hydrogens is 224 g/mol. The summed E-state index contributed by atoms with van der Waals surface area (Å²) in [5.74, 6) is 0.994. The molecule has 90 valence electrons. The highest BCUT2D eigenvalue weighted by molar-refractivity contribution is 7.90. The summed E-state index contributed by atoms with van der Waals surface area (Å²) < 4.78 is 27.3. The molecule has 0 aromatic heterocycles. The summed E-state index contributed by atoms with van der Waals surface area (Å²) in [5, 5.41) is 0. The summed E-state index contributed by atoms with van der Waals surface area (Å²) in [5.41, 5.74) is 1.22. The number of aryl methyl sites for hydroxylation is 1. The second-order valence-corrected chi connectivity index (χ2v) is 6.09. The van der Waals surface area contributed by atoms with Gasteiger partial charge in [-0.25, -0.2) is 8.42 Å².